The predicted molar refractivity (Wildman–Crippen MR) is 86.7 cm³/mol. The van der Waals surface area contributed by atoms with Crippen molar-refractivity contribution in [2.75, 3.05) is 30.4 Å². The average molecular weight is 276 g/mol. The topological polar surface area (TPSA) is 24.5 Å². The minimum absolute atomic E-state index is 0.0883. The molecule has 0 aliphatic carbocycles. The van der Waals surface area contributed by atoms with Crippen LogP contribution in [0, 0.1) is 0 Å². The summed E-state index contributed by atoms with van der Waals surface area (Å²) in [6.45, 7) is 8.85. The van der Waals surface area contributed by atoms with Gasteiger partial charge in [0, 0.05) is 26.2 Å². The lowest BCUT2D eigenvalue weighted by Gasteiger charge is -2.29. The summed E-state index contributed by atoms with van der Waals surface area (Å²) in [6, 6.07) is 9.03. The largest absolute Gasteiger partial charge is 0.381 e. The third-order valence-electron chi connectivity index (χ3n) is 4.10. The van der Waals surface area contributed by atoms with Crippen molar-refractivity contribution in [2.45, 2.75) is 51.7 Å². The van der Waals surface area contributed by atoms with Crippen molar-refractivity contribution in [1.82, 2.24) is 0 Å². The van der Waals surface area contributed by atoms with Crippen molar-refractivity contribution in [3.8, 4) is 0 Å². The van der Waals surface area contributed by atoms with Gasteiger partial charge in [-0.25, -0.2) is 0 Å². The van der Waals surface area contributed by atoms with Crippen LogP contribution in [0.5, 0.6) is 0 Å². The lowest BCUT2D eigenvalue weighted by Crippen LogP contribution is -2.31. The van der Waals surface area contributed by atoms with E-state index >= 15 is 0 Å². The van der Waals surface area contributed by atoms with Gasteiger partial charge in [0.2, 0.25) is 0 Å². The smallest absolute Gasteiger partial charge is 0.0642 e. The molecule has 1 N–H and O–H groups in total. The molecule has 1 atom stereocenters. The number of ether oxygens (including phenoxy) is 1. The van der Waals surface area contributed by atoms with E-state index in [2.05, 4.69) is 55.3 Å². The number of hydrogen-bond donors (Lipinski definition) is 1. The van der Waals surface area contributed by atoms with Gasteiger partial charge in [0.1, 0.15) is 0 Å². The van der Waals surface area contributed by atoms with Crippen LogP contribution >= 0.6 is 0 Å². The normalized spacial score (nSPS) is 17.3. The number of rotatable bonds is 6. The highest BCUT2D eigenvalue weighted by atomic mass is 16.5. The van der Waals surface area contributed by atoms with Gasteiger partial charge < -0.3 is 15.0 Å². The first-order valence-electron chi connectivity index (χ1n) is 7.67. The zero-order valence-electron chi connectivity index (χ0n) is 13.3. The van der Waals surface area contributed by atoms with Gasteiger partial charge in [0.05, 0.1) is 17.0 Å². The molecule has 1 aromatic rings. The highest BCUT2D eigenvalue weighted by Crippen LogP contribution is 2.30. The van der Waals surface area contributed by atoms with Crippen molar-refractivity contribution in [3.05, 3.63) is 24.3 Å². The minimum Gasteiger partial charge on any atom is -0.381 e. The molecule has 0 amide bonds. The van der Waals surface area contributed by atoms with Crippen LogP contribution in [0.3, 0.4) is 0 Å². The SMILES string of the molecule is COC(C)(C)CC(C)Nc1ccccc1N1CCCC1. The fourth-order valence-electron chi connectivity index (χ4n) is 2.97. The Kier molecular flexibility index (Phi) is 4.92. The average Bonchev–Trinajstić information content (AvgIpc) is 2.92. The lowest BCUT2D eigenvalue weighted by molar-refractivity contribution is 0.0128. The molecule has 1 heterocycles. The van der Waals surface area contributed by atoms with Gasteiger partial charge in [-0.05, 0) is 52.2 Å². The molecule has 2 rings (SSSR count). The molecule has 0 aromatic heterocycles. The molecule has 0 radical (unpaired) electrons. The van der Waals surface area contributed by atoms with Gasteiger partial charge in [0.25, 0.3) is 0 Å². The molecule has 1 saturated heterocycles. The number of hydrogen-bond acceptors (Lipinski definition) is 3. The molecule has 1 aliphatic heterocycles. The number of anilines is 2. The summed E-state index contributed by atoms with van der Waals surface area (Å²) in [4.78, 5) is 2.48. The van der Waals surface area contributed by atoms with Crippen LogP contribution in [0.15, 0.2) is 24.3 Å². The Balaban J connectivity index is 2.05. The molecule has 0 saturated carbocycles. The molecule has 0 spiro atoms. The summed E-state index contributed by atoms with van der Waals surface area (Å²) in [7, 11) is 1.78. The summed E-state index contributed by atoms with van der Waals surface area (Å²) >= 11 is 0. The lowest BCUT2D eigenvalue weighted by atomic mass is 9.99. The van der Waals surface area contributed by atoms with Crippen LogP contribution < -0.4 is 10.2 Å². The Labute approximate surface area is 123 Å². The molecule has 3 nitrogen and oxygen atoms in total. The van der Waals surface area contributed by atoms with Crippen LogP contribution in [0.4, 0.5) is 11.4 Å². The third-order valence-corrected chi connectivity index (χ3v) is 4.10. The van der Waals surface area contributed by atoms with Crippen molar-refractivity contribution in [2.24, 2.45) is 0 Å². The van der Waals surface area contributed by atoms with Crippen LogP contribution in [-0.2, 0) is 4.74 Å². The maximum Gasteiger partial charge on any atom is 0.0642 e. The van der Waals surface area contributed by atoms with E-state index < -0.39 is 0 Å². The summed E-state index contributed by atoms with van der Waals surface area (Å²) in [6.07, 6.45) is 3.60. The Bertz CT molecular complexity index is 425. The van der Waals surface area contributed by atoms with E-state index in [0.29, 0.717) is 6.04 Å². The summed E-state index contributed by atoms with van der Waals surface area (Å²) in [5.74, 6) is 0. The predicted octanol–water partition coefficient (Wildman–Crippen LogP) is 3.90. The maximum absolute atomic E-state index is 5.53. The van der Waals surface area contributed by atoms with Gasteiger partial charge >= 0.3 is 0 Å². The van der Waals surface area contributed by atoms with Crippen molar-refractivity contribution in [1.29, 1.82) is 0 Å². The summed E-state index contributed by atoms with van der Waals surface area (Å²) in [5.41, 5.74) is 2.50. The van der Waals surface area contributed by atoms with E-state index in [1.807, 2.05) is 0 Å². The number of para-hydroxylation sites is 2. The van der Waals surface area contributed by atoms with Gasteiger partial charge in [-0.2, -0.15) is 0 Å². The van der Waals surface area contributed by atoms with Crippen LogP contribution in [0.25, 0.3) is 0 Å². The minimum atomic E-state index is -0.0883. The van der Waals surface area contributed by atoms with Crippen LogP contribution in [-0.4, -0.2) is 31.8 Å². The number of methoxy groups -OCH3 is 1. The molecule has 3 heteroatoms. The quantitative estimate of drug-likeness (QED) is 0.852. The van der Waals surface area contributed by atoms with E-state index in [4.69, 9.17) is 4.74 Å². The van der Waals surface area contributed by atoms with E-state index in [0.717, 1.165) is 6.42 Å². The van der Waals surface area contributed by atoms with E-state index in [1.165, 1.54) is 37.3 Å². The maximum atomic E-state index is 5.53. The van der Waals surface area contributed by atoms with Gasteiger partial charge in [-0.15, -0.1) is 0 Å². The van der Waals surface area contributed by atoms with E-state index in [-0.39, 0.29) is 5.60 Å². The summed E-state index contributed by atoms with van der Waals surface area (Å²) in [5, 5.41) is 3.66. The fourth-order valence-corrected chi connectivity index (χ4v) is 2.97. The van der Waals surface area contributed by atoms with Gasteiger partial charge in [-0.3, -0.25) is 0 Å². The molecule has 1 aliphatic rings. The Morgan fingerprint density at radius 2 is 1.90 bits per heavy atom. The Hall–Kier alpha value is -1.22. The van der Waals surface area contributed by atoms with Gasteiger partial charge in [-0.1, -0.05) is 12.1 Å². The number of nitrogens with zero attached hydrogens (tertiary/aromatic N) is 1. The number of nitrogens with one attached hydrogen (secondary N) is 1. The zero-order valence-corrected chi connectivity index (χ0v) is 13.3. The molecule has 0 bridgehead atoms. The van der Waals surface area contributed by atoms with Crippen molar-refractivity contribution >= 4 is 11.4 Å². The van der Waals surface area contributed by atoms with E-state index in [1.54, 1.807) is 7.11 Å². The molecule has 1 fully saturated rings. The first-order chi connectivity index (χ1) is 9.52. The molecular weight excluding hydrogens is 248 g/mol. The van der Waals surface area contributed by atoms with E-state index in [9.17, 15) is 0 Å². The fraction of sp³-hybridized carbons (Fsp3) is 0.647. The molecule has 20 heavy (non-hydrogen) atoms. The van der Waals surface area contributed by atoms with Crippen LogP contribution in [0.2, 0.25) is 0 Å². The molecular formula is C17H28N2O. The van der Waals surface area contributed by atoms with Gasteiger partial charge in [0.15, 0.2) is 0 Å². The molecule has 112 valence electrons. The van der Waals surface area contributed by atoms with Crippen molar-refractivity contribution in [3.63, 3.8) is 0 Å². The highest BCUT2D eigenvalue weighted by molar-refractivity contribution is 5.70. The first-order valence-corrected chi connectivity index (χ1v) is 7.67. The molecule has 1 aromatic carbocycles. The standard InChI is InChI=1S/C17H28N2O/c1-14(13-17(2,3)20-4)18-15-9-5-6-10-16(15)19-11-7-8-12-19/h5-6,9-10,14,18H,7-8,11-13H2,1-4H3. The second kappa shape index (κ2) is 6.49. The Morgan fingerprint density at radius 1 is 1.25 bits per heavy atom. The van der Waals surface area contributed by atoms with Crippen molar-refractivity contribution < 1.29 is 4.74 Å². The highest BCUT2D eigenvalue weighted by Gasteiger charge is 2.21. The monoisotopic (exact) mass is 276 g/mol. The Morgan fingerprint density at radius 3 is 2.55 bits per heavy atom. The second-order valence-electron chi connectivity index (χ2n) is 6.42. The number of benzene rings is 1. The molecule has 1 unspecified atom stereocenters. The van der Waals surface area contributed by atoms with Crippen LogP contribution in [0.1, 0.15) is 40.0 Å². The summed E-state index contributed by atoms with van der Waals surface area (Å²) < 4.78 is 5.53. The first kappa shape index (κ1) is 15.2. The second-order valence-corrected chi connectivity index (χ2v) is 6.42. The third kappa shape index (κ3) is 3.89. The zero-order chi connectivity index (χ0) is 14.6.